The van der Waals surface area contributed by atoms with Gasteiger partial charge in [-0.3, -0.25) is 9.89 Å². The van der Waals surface area contributed by atoms with E-state index in [4.69, 9.17) is 0 Å². The first kappa shape index (κ1) is 6.67. The average Bonchev–Trinajstić information content (AvgIpc) is 2.33. The zero-order chi connectivity index (χ0) is 7.84. The van der Waals surface area contributed by atoms with Gasteiger partial charge < -0.3 is 10.4 Å². The molecule has 1 atom stereocenters. The normalized spacial score (nSPS) is 23.2. The molecule has 0 spiro atoms. The van der Waals surface area contributed by atoms with Crippen molar-refractivity contribution in [1.82, 2.24) is 15.5 Å². The summed E-state index contributed by atoms with van der Waals surface area (Å²) < 4.78 is 0. The molecule has 0 bridgehead atoms. The van der Waals surface area contributed by atoms with Crippen molar-refractivity contribution in [2.45, 2.75) is 25.9 Å². The van der Waals surface area contributed by atoms with Gasteiger partial charge in [0.2, 0.25) is 0 Å². The summed E-state index contributed by atoms with van der Waals surface area (Å²) in [4.78, 5) is 11.1. The van der Waals surface area contributed by atoms with Gasteiger partial charge in [0, 0.05) is 18.2 Å². The fraction of sp³-hybridized carbons (Fsp3) is 0.571. The second-order valence-corrected chi connectivity index (χ2v) is 3.02. The van der Waals surface area contributed by atoms with Gasteiger partial charge in [0.1, 0.15) is 0 Å². The third-order valence-electron chi connectivity index (χ3n) is 2.10. The molecule has 1 aromatic rings. The van der Waals surface area contributed by atoms with Crippen molar-refractivity contribution < 1.29 is 0 Å². The Morgan fingerprint density at radius 3 is 3.09 bits per heavy atom. The van der Waals surface area contributed by atoms with Crippen LogP contribution in [0.3, 0.4) is 0 Å². The third-order valence-corrected chi connectivity index (χ3v) is 2.10. The molecule has 0 radical (unpaired) electrons. The van der Waals surface area contributed by atoms with Crippen LogP contribution in [0.15, 0.2) is 4.79 Å². The summed E-state index contributed by atoms with van der Waals surface area (Å²) in [5.74, 6) is 0. The number of hydrogen-bond donors (Lipinski definition) is 3. The van der Waals surface area contributed by atoms with Crippen LogP contribution in [-0.2, 0) is 13.0 Å². The predicted molar refractivity (Wildman–Crippen MR) is 41.4 cm³/mol. The summed E-state index contributed by atoms with van der Waals surface area (Å²) in [6, 6.07) is 0.416. The van der Waals surface area contributed by atoms with Gasteiger partial charge in [-0.15, -0.1) is 0 Å². The number of rotatable bonds is 0. The monoisotopic (exact) mass is 153 g/mol. The molecule has 11 heavy (non-hydrogen) atoms. The lowest BCUT2D eigenvalue weighted by atomic mass is 10.0. The fourth-order valence-corrected chi connectivity index (χ4v) is 1.44. The smallest absolute Gasteiger partial charge is 0.267 e. The number of hydrogen-bond acceptors (Lipinski definition) is 2. The van der Waals surface area contributed by atoms with Gasteiger partial charge in [-0.1, -0.05) is 0 Å². The number of nitrogens with one attached hydrogen (secondary N) is 3. The Balaban J connectivity index is 2.45. The molecule has 60 valence electrons. The zero-order valence-corrected chi connectivity index (χ0v) is 6.40. The molecule has 0 amide bonds. The van der Waals surface area contributed by atoms with Gasteiger partial charge in [0.25, 0.3) is 5.56 Å². The summed E-state index contributed by atoms with van der Waals surface area (Å²) in [6.45, 7) is 2.85. The van der Waals surface area contributed by atoms with Crippen molar-refractivity contribution in [1.29, 1.82) is 0 Å². The van der Waals surface area contributed by atoms with Crippen LogP contribution in [0.1, 0.15) is 18.2 Å². The van der Waals surface area contributed by atoms with Gasteiger partial charge in [0.05, 0.1) is 5.69 Å². The first-order chi connectivity index (χ1) is 5.27. The SMILES string of the molecule is C[C@@H]1Cc2c([nH][nH]c2=O)CN1. The Morgan fingerprint density at radius 2 is 2.27 bits per heavy atom. The van der Waals surface area contributed by atoms with Crippen molar-refractivity contribution in [2.24, 2.45) is 0 Å². The first-order valence-electron chi connectivity index (χ1n) is 3.79. The Morgan fingerprint density at radius 1 is 1.45 bits per heavy atom. The van der Waals surface area contributed by atoms with E-state index < -0.39 is 0 Å². The fourth-order valence-electron chi connectivity index (χ4n) is 1.44. The second-order valence-electron chi connectivity index (χ2n) is 3.02. The van der Waals surface area contributed by atoms with Gasteiger partial charge in [0.15, 0.2) is 0 Å². The number of aromatic nitrogens is 2. The number of fused-ring (bicyclic) bond motifs is 1. The quantitative estimate of drug-likeness (QED) is 0.481. The molecule has 3 N–H and O–H groups in total. The highest BCUT2D eigenvalue weighted by atomic mass is 16.1. The van der Waals surface area contributed by atoms with Crippen molar-refractivity contribution in [2.75, 3.05) is 0 Å². The van der Waals surface area contributed by atoms with Crippen LogP contribution in [0, 0.1) is 0 Å². The topological polar surface area (TPSA) is 60.7 Å². The molecular formula is C7H11N3O. The Kier molecular flexibility index (Phi) is 1.35. The summed E-state index contributed by atoms with van der Waals surface area (Å²) in [6.07, 6.45) is 0.828. The molecule has 0 saturated carbocycles. The molecule has 1 aliphatic rings. The molecule has 2 heterocycles. The Labute approximate surface area is 64.0 Å². The van der Waals surface area contributed by atoms with Crippen molar-refractivity contribution in [3.8, 4) is 0 Å². The van der Waals surface area contributed by atoms with E-state index in [1.54, 1.807) is 0 Å². The molecule has 4 heteroatoms. The summed E-state index contributed by atoms with van der Waals surface area (Å²) in [5, 5.41) is 8.69. The summed E-state index contributed by atoms with van der Waals surface area (Å²) >= 11 is 0. The van der Waals surface area contributed by atoms with Gasteiger partial charge in [-0.2, -0.15) is 0 Å². The van der Waals surface area contributed by atoms with Crippen LogP contribution in [0.4, 0.5) is 0 Å². The standard InChI is InChI=1S/C7H11N3O/c1-4-2-5-6(3-8-4)9-10-7(5)11/h4,8H,2-3H2,1H3,(H2,9,10,11)/t4-/m1/s1. The number of aromatic amines is 2. The highest BCUT2D eigenvalue weighted by Crippen LogP contribution is 2.08. The first-order valence-corrected chi connectivity index (χ1v) is 3.79. The molecule has 4 nitrogen and oxygen atoms in total. The van der Waals surface area contributed by atoms with Crippen molar-refractivity contribution in [3.63, 3.8) is 0 Å². The molecule has 1 aromatic heterocycles. The minimum Gasteiger partial charge on any atom is -0.308 e. The van der Waals surface area contributed by atoms with Crippen LogP contribution >= 0.6 is 0 Å². The Hall–Kier alpha value is -1.03. The zero-order valence-electron chi connectivity index (χ0n) is 6.40. The maximum atomic E-state index is 11.1. The van der Waals surface area contributed by atoms with Gasteiger partial charge in [-0.25, -0.2) is 0 Å². The Bertz CT molecular complexity index is 312. The molecule has 1 aliphatic heterocycles. The van der Waals surface area contributed by atoms with Gasteiger partial charge >= 0.3 is 0 Å². The average molecular weight is 153 g/mol. The highest BCUT2D eigenvalue weighted by molar-refractivity contribution is 5.20. The van der Waals surface area contributed by atoms with E-state index in [0.29, 0.717) is 6.04 Å². The highest BCUT2D eigenvalue weighted by Gasteiger charge is 2.17. The van der Waals surface area contributed by atoms with Crippen LogP contribution < -0.4 is 10.9 Å². The minimum absolute atomic E-state index is 0.0355. The maximum Gasteiger partial charge on any atom is 0.267 e. The van der Waals surface area contributed by atoms with Crippen molar-refractivity contribution >= 4 is 0 Å². The molecule has 2 rings (SSSR count). The molecule has 0 unspecified atom stereocenters. The lowest BCUT2D eigenvalue weighted by molar-refractivity contribution is 0.507. The van der Waals surface area contributed by atoms with Crippen LogP contribution in [-0.4, -0.2) is 16.2 Å². The summed E-state index contributed by atoms with van der Waals surface area (Å²) in [7, 11) is 0. The van der Waals surface area contributed by atoms with E-state index in [1.165, 1.54) is 0 Å². The molecule has 0 fully saturated rings. The van der Waals surface area contributed by atoms with Crippen LogP contribution in [0.25, 0.3) is 0 Å². The number of H-pyrrole nitrogens is 2. The molecule has 0 aromatic carbocycles. The summed E-state index contributed by atoms with van der Waals surface area (Å²) in [5.41, 5.74) is 1.96. The molecule has 0 saturated heterocycles. The second kappa shape index (κ2) is 2.23. The van der Waals surface area contributed by atoms with Crippen LogP contribution in [0.2, 0.25) is 0 Å². The van der Waals surface area contributed by atoms with E-state index in [1.807, 2.05) is 0 Å². The largest absolute Gasteiger partial charge is 0.308 e. The van der Waals surface area contributed by atoms with E-state index in [9.17, 15) is 4.79 Å². The van der Waals surface area contributed by atoms with E-state index in [2.05, 4.69) is 22.4 Å². The van der Waals surface area contributed by atoms with E-state index in [0.717, 1.165) is 24.2 Å². The minimum atomic E-state index is 0.0355. The lowest BCUT2D eigenvalue weighted by Gasteiger charge is -2.18. The van der Waals surface area contributed by atoms with Gasteiger partial charge in [-0.05, 0) is 13.3 Å². The molecular weight excluding hydrogens is 142 g/mol. The van der Waals surface area contributed by atoms with Crippen molar-refractivity contribution in [3.05, 3.63) is 21.6 Å². The molecule has 0 aliphatic carbocycles. The van der Waals surface area contributed by atoms with E-state index >= 15 is 0 Å². The van der Waals surface area contributed by atoms with Crippen LogP contribution in [0.5, 0.6) is 0 Å². The predicted octanol–water partition coefficient (Wildman–Crippen LogP) is -0.263. The lowest BCUT2D eigenvalue weighted by Crippen LogP contribution is -2.34. The van der Waals surface area contributed by atoms with E-state index in [-0.39, 0.29) is 5.56 Å². The maximum absolute atomic E-state index is 11.1. The third kappa shape index (κ3) is 0.991.